The molecule has 0 saturated heterocycles. The Morgan fingerprint density at radius 2 is 1.84 bits per heavy atom. The number of fused-ring (bicyclic) bond motifs is 2. The molecule has 0 heterocycles. The van der Waals surface area contributed by atoms with Crippen molar-refractivity contribution in [2.45, 2.75) is 47.0 Å². The van der Waals surface area contributed by atoms with Crippen molar-refractivity contribution >= 4 is 5.78 Å². The molecular weight excluding hydrogens is 232 g/mol. The van der Waals surface area contributed by atoms with Crippen LogP contribution >= 0.6 is 0 Å². The van der Waals surface area contributed by atoms with Gasteiger partial charge in [-0.2, -0.15) is 0 Å². The summed E-state index contributed by atoms with van der Waals surface area (Å²) in [5.41, 5.74) is 2.83. The summed E-state index contributed by atoms with van der Waals surface area (Å²) in [5, 5.41) is 0. The van der Waals surface area contributed by atoms with Crippen molar-refractivity contribution < 1.29 is 4.79 Å². The molecule has 2 aliphatic carbocycles. The fraction of sp³-hybridized carbons (Fsp3) is 0.611. The first kappa shape index (κ1) is 14.3. The molecule has 4 unspecified atom stereocenters. The largest absolute Gasteiger partial charge is 0.300 e. The van der Waals surface area contributed by atoms with E-state index in [1.807, 2.05) is 0 Å². The average Bonchev–Trinajstić information content (AvgIpc) is 2.88. The molecule has 0 N–H and O–H groups in total. The molecule has 1 nitrogen and oxygen atoms in total. The molecular formula is C18H26O. The van der Waals surface area contributed by atoms with E-state index >= 15 is 0 Å². The Morgan fingerprint density at radius 1 is 1.16 bits per heavy atom. The van der Waals surface area contributed by atoms with Crippen LogP contribution in [-0.2, 0) is 4.79 Å². The number of hydrogen-bond acceptors (Lipinski definition) is 1. The quantitative estimate of drug-likeness (QED) is 0.653. The summed E-state index contributed by atoms with van der Waals surface area (Å²) in [6, 6.07) is 0. The van der Waals surface area contributed by atoms with Crippen LogP contribution < -0.4 is 0 Å². The van der Waals surface area contributed by atoms with Crippen molar-refractivity contribution in [3.63, 3.8) is 0 Å². The number of carbonyl (C=O) groups excluding carboxylic acids is 1. The van der Waals surface area contributed by atoms with Gasteiger partial charge >= 0.3 is 0 Å². The van der Waals surface area contributed by atoms with Crippen LogP contribution in [0.1, 0.15) is 47.0 Å². The zero-order valence-electron chi connectivity index (χ0n) is 12.6. The van der Waals surface area contributed by atoms with Crippen LogP contribution in [0.2, 0.25) is 0 Å². The van der Waals surface area contributed by atoms with Crippen molar-refractivity contribution in [1.29, 1.82) is 0 Å². The van der Waals surface area contributed by atoms with Gasteiger partial charge in [0.15, 0.2) is 0 Å². The molecule has 1 fully saturated rings. The van der Waals surface area contributed by atoms with E-state index in [1.54, 1.807) is 6.92 Å². The summed E-state index contributed by atoms with van der Waals surface area (Å²) in [6.07, 6.45) is 12.7. The van der Waals surface area contributed by atoms with Gasteiger partial charge < -0.3 is 0 Å². The second-order valence-corrected chi connectivity index (χ2v) is 6.50. The molecule has 1 heteroatoms. The summed E-state index contributed by atoms with van der Waals surface area (Å²) in [4.78, 5) is 11.9. The van der Waals surface area contributed by atoms with E-state index in [4.69, 9.17) is 0 Å². The van der Waals surface area contributed by atoms with E-state index in [2.05, 4.69) is 45.1 Å². The Labute approximate surface area is 117 Å². The lowest BCUT2D eigenvalue weighted by atomic mass is 9.79. The van der Waals surface area contributed by atoms with Gasteiger partial charge in [-0.1, -0.05) is 35.5 Å². The first-order chi connectivity index (χ1) is 8.99. The summed E-state index contributed by atoms with van der Waals surface area (Å²) in [6.45, 7) is 8.27. The highest BCUT2D eigenvalue weighted by Crippen LogP contribution is 2.49. The maximum absolute atomic E-state index is 11.9. The van der Waals surface area contributed by atoms with E-state index in [0.717, 1.165) is 12.8 Å². The Hall–Kier alpha value is -1.11. The zero-order chi connectivity index (χ0) is 14.0. The van der Waals surface area contributed by atoms with Gasteiger partial charge in [0.05, 0.1) is 0 Å². The number of hydrogen-bond donors (Lipinski definition) is 0. The van der Waals surface area contributed by atoms with Crippen LogP contribution in [0.15, 0.2) is 35.5 Å². The van der Waals surface area contributed by atoms with Crippen LogP contribution in [0.5, 0.6) is 0 Å². The van der Waals surface area contributed by atoms with E-state index in [9.17, 15) is 4.79 Å². The standard InChI is InChI=1S/C18H26O/c1-12(2)6-5-7-13(3)10-17-15-8-9-16(11-15)18(17)14(4)19/h6,8-10,15-18H,5,7,11H2,1-4H3. The maximum Gasteiger partial charge on any atom is 0.134 e. The fourth-order valence-corrected chi connectivity index (χ4v) is 3.66. The molecule has 104 valence electrons. The van der Waals surface area contributed by atoms with Crippen molar-refractivity contribution in [2.75, 3.05) is 0 Å². The first-order valence-electron chi connectivity index (χ1n) is 7.48. The molecule has 4 atom stereocenters. The van der Waals surface area contributed by atoms with E-state index < -0.39 is 0 Å². The van der Waals surface area contributed by atoms with Gasteiger partial charge in [0.25, 0.3) is 0 Å². The Balaban J connectivity index is 2.02. The molecule has 0 aromatic heterocycles. The number of allylic oxidation sites excluding steroid dienone is 6. The number of ketones is 1. The molecule has 2 rings (SSSR count). The molecule has 0 radical (unpaired) electrons. The molecule has 0 aliphatic heterocycles. The van der Waals surface area contributed by atoms with Crippen LogP contribution in [-0.4, -0.2) is 5.78 Å². The normalized spacial score (nSPS) is 32.7. The van der Waals surface area contributed by atoms with Gasteiger partial charge in [0, 0.05) is 5.92 Å². The predicted molar refractivity (Wildman–Crippen MR) is 80.8 cm³/mol. The highest BCUT2D eigenvalue weighted by Gasteiger charge is 2.45. The molecule has 0 aromatic carbocycles. The molecule has 2 aliphatic rings. The number of Topliss-reactive ketones (excluding diaryl/α,β-unsaturated/α-hetero) is 1. The minimum absolute atomic E-state index is 0.244. The summed E-state index contributed by atoms with van der Waals surface area (Å²) in [5.74, 6) is 2.19. The van der Waals surface area contributed by atoms with Crippen LogP contribution in [0.4, 0.5) is 0 Å². The average molecular weight is 258 g/mol. The van der Waals surface area contributed by atoms with E-state index in [0.29, 0.717) is 23.5 Å². The maximum atomic E-state index is 11.9. The highest BCUT2D eigenvalue weighted by molar-refractivity contribution is 5.80. The van der Waals surface area contributed by atoms with Crippen LogP contribution in [0.3, 0.4) is 0 Å². The Kier molecular flexibility index (Phi) is 4.44. The van der Waals surface area contributed by atoms with Gasteiger partial charge in [-0.25, -0.2) is 0 Å². The predicted octanol–water partition coefficient (Wildman–Crippen LogP) is 4.71. The second kappa shape index (κ2) is 5.90. The third kappa shape index (κ3) is 3.26. The molecule has 0 amide bonds. The Bertz CT molecular complexity index is 435. The molecule has 1 saturated carbocycles. The zero-order valence-corrected chi connectivity index (χ0v) is 12.6. The highest BCUT2D eigenvalue weighted by atomic mass is 16.1. The molecule has 0 aromatic rings. The second-order valence-electron chi connectivity index (χ2n) is 6.50. The van der Waals surface area contributed by atoms with Gasteiger partial charge in [-0.05, 0) is 64.7 Å². The SMILES string of the molecule is CC(=O)C1C2C=CC(C2)C1C=C(C)CCC=C(C)C. The first-order valence-corrected chi connectivity index (χ1v) is 7.48. The third-order valence-electron chi connectivity index (χ3n) is 4.56. The summed E-state index contributed by atoms with van der Waals surface area (Å²) in [7, 11) is 0. The smallest absolute Gasteiger partial charge is 0.134 e. The van der Waals surface area contributed by atoms with Crippen LogP contribution in [0, 0.1) is 23.7 Å². The molecule has 2 bridgehead atoms. The van der Waals surface area contributed by atoms with Crippen molar-refractivity contribution in [1.82, 2.24) is 0 Å². The fourth-order valence-electron chi connectivity index (χ4n) is 3.66. The number of rotatable bonds is 5. The van der Waals surface area contributed by atoms with E-state index in [-0.39, 0.29) is 5.92 Å². The summed E-state index contributed by atoms with van der Waals surface area (Å²) < 4.78 is 0. The topological polar surface area (TPSA) is 17.1 Å². The van der Waals surface area contributed by atoms with E-state index in [1.165, 1.54) is 17.6 Å². The van der Waals surface area contributed by atoms with Gasteiger partial charge in [-0.15, -0.1) is 0 Å². The van der Waals surface area contributed by atoms with Gasteiger partial charge in [0.1, 0.15) is 5.78 Å². The lowest BCUT2D eigenvalue weighted by molar-refractivity contribution is -0.122. The summed E-state index contributed by atoms with van der Waals surface area (Å²) >= 11 is 0. The Morgan fingerprint density at radius 3 is 2.47 bits per heavy atom. The van der Waals surface area contributed by atoms with Gasteiger partial charge in [-0.3, -0.25) is 4.79 Å². The minimum Gasteiger partial charge on any atom is -0.300 e. The molecule has 0 spiro atoms. The minimum atomic E-state index is 0.244. The number of carbonyl (C=O) groups is 1. The lowest BCUT2D eigenvalue weighted by Gasteiger charge is -2.24. The third-order valence-corrected chi connectivity index (χ3v) is 4.56. The van der Waals surface area contributed by atoms with Crippen LogP contribution in [0.25, 0.3) is 0 Å². The monoisotopic (exact) mass is 258 g/mol. The molecule has 19 heavy (non-hydrogen) atoms. The van der Waals surface area contributed by atoms with Gasteiger partial charge in [0.2, 0.25) is 0 Å². The van der Waals surface area contributed by atoms with Crippen molar-refractivity contribution in [3.8, 4) is 0 Å². The van der Waals surface area contributed by atoms with Crippen molar-refractivity contribution in [3.05, 3.63) is 35.5 Å². The lowest BCUT2D eigenvalue weighted by Crippen LogP contribution is -2.24. The van der Waals surface area contributed by atoms with Crippen molar-refractivity contribution in [2.24, 2.45) is 23.7 Å².